The number of nitrogens with one attached hydrogen (secondary N) is 1. The summed E-state index contributed by atoms with van der Waals surface area (Å²) in [5, 5.41) is -0.104. The highest BCUT2D eigenvalue weighted by molar-refractivity contribution is 7.89. The van der Waals surface area contributed by atoms with Crippen LogP contribution in [-0.2, 0) is 16.6 Å². The van der Waals surface area contributed by atoms with Crippen LogP contribution in [0, 0.1) is 0 Å². The van der Waals surface area contributed by atoms with Crippen molar-refractivity contribution in [1.82, 2.24) is 9.29 Å². The first kappa shape index (κ1) is 18.1. The molecule has 8 heteroatoms. The summed E-state index contributed by atoms with van der Waals surface area (Å²) in [7, 11) is -2.27. The van der Waals surface area contributed by atoms with E-state index in [9.17, 15) is 13.2 Å². The SMILES string of the molecule is CC(C)N.CCn1cc(S(=O)(=O)NC)cc(Cl)c1=O. The number of halogens is 1. The lowest BCUT2D eigenvalue weighted by Gasteiger charge is -2.07. The Balaban J connectivity index is 0.000000711. The van der Waals surface area contributed by atoms with Gasteiger partial charge in [-0.2, -0.15) is 0 Å². The first-order chi connectivity index (χ1) is 8.65. The molecular formula is C11H20ClN3O3S. The van der Waals surface area contributed by atoms with E-state index in [1.54, 1.807) is 6.92 Å². The van der Waals surface area contributed by atoms with Crippen molar-refractivity contribution in [2.75, 3.05) is 7.05 Å². The van der Waals surface area contributed by atoms with Gasteiger partial charge in [-0.1, -0.05) is 25.4 Å². The fourth-order valence-electron chi connectivity index (χ4n) is 1.07. The van der Waals surface area contributed by atoms with Crippen molar-refractivity contribution in [2.45, 2.75) is 38.3 Å². The number of aromatic nitrogens is 1. The molecular weight excluding hydrogens is 290 g/mol. The van der Waals surface area contributed by atoms with Gasteiger partial charge in [0.05, 0.1) is 4.90 Å². The van der Waals surface area contributed by atoms with Gasteiger partial charge in [0.2, 0.25) is 10.0 Å². The third-order valence-electron chi connectivity index (χ3n) is 1.94. The van der Waals surface area contributed by atoms with Crippen molar-refractivity contribution >= 4 is 21.6 Å². The van der Waals surface area contributed by atoms with Gasteiger partial charge in [-0.05, 0) is 26.1 Å². The Kier molecular flexibility index (Phi) is 7.28. The molecule has 3 N–H and O–H groups in total. The highest BCUT2D eigenvalue weighted by atomic mass is 35.5. The van der Waals surface area contributed by atoms with Crippen molar-refractivity contribution < 1.29 is 8.42 Å². The fourth-order valence-corrected chi connectivity index (χ4v) is 2.14. The zero-order chi connectivity index (χ0) is 15.2. The highest BCUT2D eigenvalue weighted by Crippen LogP contribution is 2.11. The Bertz CT molecular complexity index is 564. The summed E-state index contributed by atoms with van der Waals surface area (Å²) in [6.45, 7) is 5.99. The van der Waals surface area contributed by atoms with E-state index in [2.05, 4.69) is 4.72 Å². The van der Waals surface area contributed by atoms with Crippen molar-refractivity contribution in [3.63, 3.8) is 0 Å². The maximum Gasteiger partial charge on any atom is 0.269 e. The highest BCUT2D eigenvalue weighted by Gasteiger charge is 2.14. The zero-order valence-corrected chi connectivity index (χ0v) is 13.0. The van der Waals surface area contributed by atoms with Crippen LogP contribution in [0.2, 0.25) is 5.02 Å². The number of hydrogen-bond acceptors (Lipinski definition) is 4. The summed E-state index contributed by atoms with van der Waals surface area (Å²) in [5.41, 5.74) is 4.72. The summed E-state index contributed by atoms with van der Waals surface area (Å²) in [6, 6.07) is 1.47. The summed E-state index contributed by atoms with van der Waals surface area (Å²) in [4.78, 5) is 11.4. The van der Waals surface area contributed by atoms with Gasteiger partial charge in [0.25, 0.3) is 5.56 Å². The Hall–Kier alpha value is -0.890. The third kappa shape index (κ3) is 5.73. The minimum Gasteiger partial charge on any atom is -0.328 e. The Labute approximate surface area is 118 Å². The third-order valence-corrected chi connectivity index (χ3v) is 3.59. The topological polar surface area (TPSA) is 94.2 Å². The normalized spacial score (nSPS) is 11.1. The number of pyridine rings is 1. The predicted octanol–water partition coefficient (Wildman–Crippen LogP) is 0.783. The number of sulfonamides is 1. The number of hydrogen-bond donors (Lipinski definition) is 2. The van der Waals surface area contributed by atoms with Crippen LogP contribution < -0.4 is 16.0 Å². The Morgan fingerprint density at radius 1 is 1.47 bits per heavy atom. The lowest BCUT2D eigenvalue weighted by atomic mass is 10.4. The molecule has 110 valence electrons. The monoisotopic (exact) mass is 309 g/mol. The molecule has 0 amide bonds. The summed E-state index contributed by atoms with van der Waals surface area (Å²) >= 11 is 5.64. The Morgan fingerprint density at radius 3 is 2.32 bits per heavy atom. The standard InChI is InChI=1S/C8H11ClN2O3S.C3H9N/c1-3-11-5-6(15(13,14)10-2)4-7(9)8(11)12;1-3(2)4/h4-5,10H,3H2,1-2H3;3H,4H2,1-2H3. The van der Waals surface area contributed by atoms with Crippen molar-refractivity contribution in [3.8, 4) is 0 Å². The lowest BCUT2D eigenvalue weighted by molar-refractivity contribution is 0.585. The van der Waals surface area contributed by atoms with Crippen molar-refractivity contribution in [3.05, 3.63) is 27.6 Å². The number of nitrogens with two attached hydrogens (primary N) is 1. The first-order valence-electron chi connectivity index (χ1n) is 5.74. The van der Waals surface area contributed by atoms with Gasteiger partial charge in [-0.3, -0.25) is 4.79 Å². The molecule has 0 spiro atoms. The van der Waals surface area contributed by atoms with Crippen LogP contribution in [0.25, 0.3) is 0 Å². The van der Waals surface area contributed by atoms with Crippen LogP contribution in [0.4, 0.5) is 0 Å². The van der Waals surface area contributed by atoms with E-state index in [4.69, 9.17) is 17.3 Å². The van der Waals surface area contributed by atoms with E-state index in [0.29, 0.717) is 12.6 Å². The van der Waals surface area contributed by atoms with E-state index in [-0.39, 0.29) is 9.92 Å². The van der Waals surface area contributed by atoms with Gasteiger partial charge in [-0.25, -0.2) is 13.1 Å². The molecule has 0 radical (unpaired) electrons. The molecule has 19 heavy (non-hydrogen) atoms. The quantitative estimate of drug-likeness (QED) is 0.863. The van der Waals surface area contributed by atoms with Crippen molar-refractivity contribution in [2.24, 2.45) is 5.73 Å². The molecule has 1 aromatic rings. The number of rotatable bonds is 3. The first-order valence-corrected chi connectivity index (χ1v) is 7.61. The molecule has 0 saturated heterocycles. The fraction of sp³-hybridized carbons (Fsp3) is 0.545. The molecule has 0 aromatic carbocycles. The minimum absolute atomic E-state index is 0.0172. The maximum atomic E-state index is 11.4. The summed E-state index contributed by atoms with van der Waals surface area (Å²) in [6.07, 6.45) is 1.26. The average molecular weight is 310 g/mol. The molecule has 6 nitrogen and oxygen atoms in total. The van der Waals surface area contributed by atoms with E-state index >= 15 is 0 Å². The summed E-state index contributed by atoms with van der Waals surface area (Å²) < 4.78 is 26.3. The van der Waals surface area contributed by atoms with E-state index in [1.165, 1.54) is 17.8 Å². The lowest BCUT2D eigenvalue weighted by Crippen LogP contribution is -2.24. The van der Waals surface area contributed by atoms with E-state index in [1.807, 2.05) is 13.8 Å². The summed E-state index contributed by atoms with van der Waals surface area (Å²) in [5.74, 6) is 0. The van der Waals surface area contributed by atoms with Crippen LogP contribution >= 0.6 is 11.6 Å². The van der Waals surface area contributed by atoms with Crippen LogP contribution in [0.3, 0.4) is 0 Å². The molecule has 1 aromatic heterocycles. The largest absolute Gasteiger partial charge is 0.328 e. The molecule has 0 aliphatic rings. The second-order valence-corrected chi connectivity index (χ2v) is 6.36. The van der Waals surface area contributed by atoms with Gasteiger partial charge in [0.1, 0.15) is 5.02 Å². The van der Waals surface area contributed by atoms with Gasteiger partial charge >= 0.3 is 0 Å². The molecule has 0 fully saturated rings. The molecule has 0 saturated carbocycles. The second-order valence-electron chi connectivity index (χ2n) is 4.07. The molecule has 0 atom stereocenters. The Morgan fingerprint density at radius 2 is 1.95 bits per heavy atom. The van der Waals surface area contributed by atoms with Gasteiger partial charge in [0, 0.05) is 12.7 Å². The van der Waals surface area contributed by atoms with Gasteiger partial charge < -0.3 is 10.3 Å². The number of nitrogens with zero attached hydrogens (tertiary/aromatic N) is 1. The van der Waals surface area contributed by atoms with Crippen LogP contribution in [0.1, 0.15) is 20.8 Å². The van der Waals surface area contributed by atoms with Crippen molar-refractivity contribution in [1.29, 1.82) is 0 Å². The molecule has 1 rings (SSSR count). The van der Waals surface area contributed by atoms with E-state index in [0.717, 1.165) is 6.07 Å². The van der Waals surface area contributed by atoms with Crippen LogP contribution in [-0.4, -0.2) is 26.1 Å². The molecule has 0 aliphatic carbocycles. The van der Waals surface area contributed by atoms with Gasteiger partial charge in [-0.15, -0.1) is 0 Å². The number of aryl methyl sites for hydroxylation is 1. The van der Waals surface area contributed by atoms with E-state index < -0.39 is 15.6 Å². The zero-order valence-electron chi connectivity index (χ0n) is 11.5. The molecule has 0 bridgehead atoms. The van der Waals surface area contributed by atoms with Crippen LogP contribution in [0.15, 0.2) is 22.0 Å². The predicted molar refractivity (Wildman–Crippen MR) is 77.0 cm³/mol. The smallest absolute Gasteiger partial charge is 0.269 e. The maximum absolute atomic E-state index is 11.4. The van der Waals surface area contributed by atoms with Crippen LogP contribution in [0.5, 0.6) is 0 Å². The molecule has 0 aliphatic heterocycles. The minimum atomic E-state index is -3.56. The molecule has 1 heterocycles. The average Bonchev–Trinajstić information content (AvgIpc) is 2.31. The molecule has 0 unspecified atom stereocenters. The van der Waals surface area contributed by atoms with Gasteiger partial charge in [0.15, 0.2) is 0 Å². The second kappa shape index (κ2) is 7.64.